The lowest BCUT2D eigenvalue weighted by molar-refractivity contribution is 1.07. The molecule has 0 N–H and O–H groups in total. The van der Waals surface area contributed by atoms with Crippen LogP contribution in [0, 0.1) is 17.9 Å². The van der Waals surface area contributed by atoms with Gasteiger partial charge in [-0.05, 0) is 51.2 Å². The molecule has 0 atom stereocenters. The van der Waals surface area contributed by atoms with Gasteiger partial charge >= 0.3 is 0 Å². The zero-order valence-corrected chi connectivity index (χ0v) is 23.5. The number of nitrogens with zero attached hydrogens (tertiary/aromatic N) is 5. The molecule has 6 aromatic carbocycles. The van der Waals surface area contributed by atoms with E-state index in [4.69, 9.17) is 21.5 Å². The van der Waals surface area contributed by atoms with Crippen molar-refractivity contribution >= 4 is 16.5 Å². The Labute approximate surface area is 255 Å². The van der Waals surface area contributed by atoms with E-state index in [2.05, 4.69) is 47.3 Å². The van der Waals surface area contributed by atoms with Crippen molar-refractivity contribution in [3.63, 3.8) is 0 Å². The highest BCUT2D eigenvalue weighted by molar-refractivity contribution is 6.04. The minimum atomic E-state index is 0.437. The average Bonchev–Trinajstić information content (AvgIpc) is 3.11. The van der Waals surface area contributed by atoms with Crippen LogP contribution in [0.4, 0.5) is 5.69 Å². The third-order valence-electron chi connectivity index (χ3n) is 7.55. The molecule has 0 spiro atoms. The molecule has 7 aromatic rings. The molecule has 0 saturated heterocycles. The Morgan fingerprint density at radius 2 is 1.07 bits per heavy atom. The molecule has 7 rings (SSSR count). The minimum Gasteiger partial charge on any atom is -0.238 e. The second-order valence-electron chi connectivity index (χ2n) is 10.3. The molecule has 204 valence electrons. The van der Waals surface area contributed by atoms with Crippen LogP contribution >= 0.6 is 0 Å². The minimum absolute atomic E-state index is 0.437. The lowest BCUT2D eigenvalue weighted by Gasteiger charge is -2.15. The van der Waals surface area contributed by atoms with Crippen LogP contribution in [-0.4, -0.2) is 15.0 Å². The number of aromatic nitrogens is 3. The van der Waals surface area contributed by atoms with E-state index in [1.165, 1.54) is 0 Å². The number of rotatable bonds is 5. The molecule has 0 unspecified atom stereocenters. The highest BCUT2D eigenvalue weighted by atomic mass is 15.0. The van der Waals surface area contributed by atoms with Gasteiger partial charge in [0.15, 0.2) is 23.2 Å². The van der Waals surface area contributed by atoms with Crippen LogP contribution < -0.4 is 0 Å². The van der Waals surface area contributed by atoms with Gasteiger partial charge < -0.3 is 0 Å². The predicted octanol–water partition coefficient (Wildman–Crippen LogP) is 9.78. The van der Waals surface area contributed by atoms with Gasteiger partial charge in [0.2, 0.25) is 0 Å². The first-order valence-corrected chi connectivity index (χ1v) is 14.1. The van der Waals surface area contributed by atoms with Crippen molar-refractivity contribution in [2.45, 2.75) is 0 Å². The lowest BCUT2D eigenvalue weighted by Crippen LogP contribution is -2.00. The molecule has 44 heavy (non-hydrogen) atoms. The Balaban J connectivity index is 1.38. The molecule has 0 radical (unpaired) electrons. The summed E-state index contributed by atoms with van der Waals surface area (Å²) in [5.41, 5.74) is 7.43. The van der Waals surface area contributed by atoms with Gasteiger partial charge in [-0.25, -0.2) is 19.8 Å². The fourth-order valence-corrected chi connectivity index (χ4v) is 5.44. The first kappa shape index (κ1) is 26.5. The van der Waals surface area contributed by atoms with E-state index in [1.54, 1.807) is 6.07 Å². The fraction of sp³-hybridized carbons (Fsp3) is 0. The molecule has 0 aliphatic rings. The summed E-state index contributed by atoms with van der Waals surface area (Å²) in [5.74, 6) is 1.82. The first-order valence-electron chi connectivity index (χ1n) is 14.1. The van der Waals surface area contributed by atoms with Crippen LogP contribution in [0.2, 0.25) is 0 Å². The Morgan fingerprint density at radius 1 is 0.523 bits per heavy atom. The quantitative estimate of drug-likeness (QED) is 0.196. The number of hydrogen-bond donors (Lipinski definition) is 0. The van der Waals surface area contributed by atoms with E-state index in [0.29, 0.717) is 28.7 Å². The van der Waals surface area contributed by atoms with E-state index >= 15 is 0 Å². The van der Waals surface area contributed by atoms with E-state index in [-0.39, 0.29) is 0 Å². The van der Waals surface area contributed by atoms with E-state index < -0.39 is 0 Å². The number of nitriles is 1. The predicted molar refractivity (Wildman–Crippen MR) is 175 cm³/mol. The molecule has 5 heteroatoms. The van der Waals surface area contributed by atoms with Gasteiger partial charge in [0.05, 0.1) is 12.6 Å². The number of fused-ring (bicyclic) bond motifs is 1. The van der Waals surface area contributed by atoms with Crippen LogP contribution in [-0.2, 0) is 0 Å². The van der Waals surface area contributed by atoms with Gasteiger partial charge in [0, 0.05) is 22.3 Å². The van der Waals surface area contributed by atoms with Crippen molar-refractivity contribution in [1.82, 2.24) is 15.0 Å². The van der Waals surface area contributed by atoms with E-state index in [1.807, 2.05) is 97.1 Å². The summed E-state index contributed by atoms with van der Waals surface area (Å²) in [6, 6.07) is 48.0. The Hall–Kier alpha value is -6.43. The first-order chi connectivity index (χ1) is 21.7. The van der Waals surface area contributed by atoms with E-state index in [0.717, 1.165) is 49.7 Å². The second kappa shape index (κ2) is 11.4. The number of hydrogen-bond acceptors (Lipinski definition) is 4. The van der Waals surface area contributed by atoms with Gasteiger partial charge in [0.1, 0.15) is 0 Å². The molecule has 0 saturated carbocycles. The van der Waals surface area contributed by atoms with Crippen molar-refractivity contribution < 1.29 is 0 Å². The summed E-state index contributed by atoms with van der Waals surface area (Å²) >= 11 is 0. The molecule has 0 bridgehead atoms. The summed E-state index contributed by atoms with van der Waals surface area (Å²) in [5, 5.41) is 11.8. The monoisotopic (exact) mass is 561 g/mol. The molecule has 0 aliphatic carbocycles. The van der Waals surface area contributed by atoms with Gasteiger partial charge in [-0.1, -0.05) is 121 Å². The fourth-order valence-electron chi connectivity index (χ4n) is 5.44. The highest BCUT2D eigenvalue weighted by Gasteiger charge is 2.16. The van der Waals surface area contributed by atoms with E-state index in [9.17, 15) is 5.26 Å². The summed E-state index contributed by atoms with van der Waals surface area (Å²) < 4.78 is 0. The molecule has 5 nitrogen and oxygen atoms in total. The smallest absolute Gasteiger partial charge is 0.189 e. The van der Waals surface area contributed by atoms with Crippen LogP contribution in [0.1, 0.15) is 5.56 Å². The van der Waals surface area contributed by atoms with Crippen molar-refractivity contribution in [3.8, 4) is 62.5 Å². The van der Waals surface area contributed by atoms with Gasteiger partial charge in [-0.15, -0.1) is 0 Å². The maximum atomic E-state index is 9.64. The zero-order chi connectivity index (χ0) is 29.9. The normalized spacial score (nSPS) is 10.7. The standard InChI is InChI=1S/C39H23N5/c1-41-33-23-26(25-40)22-32(24-33)35-21-20-27-10-8-9-15-34(27)36(35)28-16-18-31(19-17-28)39-43-37(29-11-4-2-5-12-29)42-38(44-39)30-13-6-3-7-14-30/h2-24H. The molecular formula is C39H23N5. The summed E-state index contributed by atoms with van der Waals surface area (Å²) in [6.45, 7) is 7.57. The van der Waals surface area contributed by atoms with Crippen molar-refractivity contribution in [3.05, 3.63) is 157 Å². The Kier molecular flexibility index (Phi) is 6.89. The SMILES string of the molecule is [C-]#[N+]c1cc(C#N)cc(-c2ccc3ccccc3c2-c2ccc(-c3nc(-c4ccccc4)nc(-c4ccccc4)n3)cc2)c1. The van der Waals surface area contributed by atoms with Crippen LogP contribution in [0.25, 0.3) is 72.0 Å². The Bertz CT molecular complexity index is 2140. The third kappa shape index (κ3) is 5.07. The number of benzene rings is 6. The molecule has 0 amide bonds. The van der Waals surface area contributed by atoms with Crippen molar-refractivity contribution in [1.29, 1.82) is 5.26 Å². The maximum Gasteiger partial charge on any atom is 0.189 e. The summed E-state index contributed by atoms with van der Waals surface area (Å²) in [7, 11) is 0. The van der Waals surface area contributed by atoms with Gasteiger partial charge in [-0.2, -0.15) is 5.26 Å². The Morgan fingerprint density at radius 3 is 1.66 bits per heavy atom. The zero-order valence-electron chi connectivity index (χ0n) is 23.5. The molecule has 1 aromatic heterocycles. The van der Waals surface area contributed by atoms with Crippen molar-refractivity contribution in [2.75, 3.05) is 0 Å². The average molecular weight is 562 g/mol. The molecule has 1 heterocycles. The second-order valence-corrected chi connectivity index (χ2v) is 10.3. The third-order valence-corrected chi connectivity index (χ3v) is 7.55. The topological polar surface area (TPSA) is 66.8 Å². The molecular weight excluding hydrogens is 538 g/mol. The molecule has 0 aliphatic heterocycles. The summed E-state index contributed by atoms with van der Waals surface area (Å²) in [6.07, 6.45) is 0. The molecule has 0 fully saturated rings. The van der Waals surface area contributed by atoms with Crippen molar-refractivity contribution in [2.24, 2.45) is 0 Å². The van der Waals surface area contributed by atoms with Gasteiger partial charge in [0.25, 0.3) is 0 Å². The lowest BCUT2D eigenvalue weighted by atomic mass is 9.89. The highest BCUT2D eigenvalue weighted by Crippen LogP contribution is 2.40. The van der Waals surface area contributed by atoms with Gasteiger partial charge in [-0.3, -0.25) is 0 Å². The largest absolute Gasteiger partial charge is 0.238 e. The van der Waals surface area contributed by atoms with Crippen LogP contribution in [0.3, 0.4) is 0 Å². The summed E-state index contributed by atoms with van der Waals surface area (Å²) in [4.78, 5) is 18.2. The van der Waals surface area contributed by atoms with Crippen LogP contribution in [0.15, 0.2) is 140 Å². The van der Waals surface area contributed by atoms with Crippen LogP contribution in [0.5, 0.6) is 0 Å². The maximum absolute atomic E-state index is 9.64.